The molecular weight excluding hydrogens is 286 g/mol. The lowest BCUT2D eigenvalue weighted by Gasteiger charge is -2.10. The van der Waals surface area contributed by atoms with Crippen LogP contribution in [0.25, 0.3) is 0 Å². The average molecular weight is 303 g/mol. The van der Waals surface area contributed by atoms with Gasteiger partial charge in [0.05, 0.1) is 0 Å². The van der Waals surface area contributed by atoms with Crippen LogP contribution < -0.4 is 5.32 Å². The lowest BCUT2D eigenvalue weighted by Crippen LogP contribution is -2.36. The number of ether oxygens (including phenoxy) is 1. The lowest BCUT2D eigenvalue weighted by atomic mass is 10.4. The van der Waals surface area contributed by atoms with Crippen LogP contribution in [0.4, 0.5) is 0 Å². The Bertz CT molecular complexity index is 498. The van der Waals surface area contributed by atoms with Gasteiger partial charge in [-0.1, -0.05) is 0 Å². The second-order valence-corrected chi connectivity index (χ2v) is 5.71. The summed E-state index contributed by atoms with van der Waals surface area (Å²) in [6.45, 7) is 2.44. The van der Waals surface area contributed by atoms with E-state index in [1.807, 2.05) is 0 Å². The van der Waals surface area contributed by atoms with Crippen molar-refractivity contribution in [2.24, 2.45) is 0 Å². The monoisotopic (exact) mass is 303 g/mol. The first kappa shape index (κ1) is 16.4. The van der Waals surface area contributed by atoms with Gasteiger partial charge in [0.2, 0.25) is 11.7 Å². The molecule has 8 heteroatoms. The highest BCUT2D eigenvalue weighted by Crippen LogP contribution is 2.15. The molecule has 7 nitrogen and oxygen atoms in total. The second-order valence-electron chi connectivity index (χ2n) is 4.00. The van der Waals surface area contributed by atoms with Crippen LogP contribution in [0.15, 0.2) is 21.6 Å². The van der Waals surface area contributed by atoms with Crippen molar-refractivity contribution < 1.29 is 28.1 Å². The molecule has 0 saturated carbocycles. The summed E-state index contributed by atoms with van der Waals surface area (Å²) in [5.74, 6) is -1.93. The molecule has 0 aromatic carbocycles. The van der Waals surface area contributed by atoms with Gasteiger partial charge in [0.15, 0.2) is 5.09 Å². The van der Waals surface area contributed by atoms with E-state index >= 15 is 0 Å². The molecule has 20 heavy (non-hydrogen) atoms. The van der Waals surface area contributed by atoms with Crippen molar-refractivity contribution in [3.63, 3.8) is 0 Å². The Hall–Kier alpha value is -1.67. The molecule has 0 radical (unpaired) electrons. The van der Waals surface area contributed by atoms with E-state index in [0.717, 1.165) is 0 Å². The molecule has 1 aromatic heterocycles. The molecule has 0 aliphatic heterocycles. The molecule has 0 spiro atoms. The summed E-state index contributed by atoms with van der Waals surface area (Å²) in [6.07, 6.45) is 0.658. The van der Waals surface area contributed by atoms with Crippen LogP contribution in [-0.2, 0) is 20.3 Å². The molecule has 0 saturated heterocycles. The lowest BCUT2D eigenvalue weighted by molar-refractivity contribution is -0.120. The van der Waals surface area contributed by atoms with Crippen LogP contribution in [0.3, 0.4) is 0 Å². The summed E-state index contributed by atoms with van der Waals surface area (Å²) in [4.78, 5) is 22.4. The minimum absolute atomic E-state index is 0.0260. The Morgan fingerprint density at radius 3 is 2.75 bits per heavy atom. The summed E-state index contributed by atoms with van der Waals surface area (Å²) in [7, 11) is -0.169. The Morgan fingerprint density at radius 2 is 2.20 bits per heavy atom. The number of nitrogens with one attached hydrogen (secondary N) is 1. The molecule has 112 valence electrons. The van der Waals surface area contributed by atoms with Crippen molar-refractivity contribution in [1.82, 2.24) is 5.32 Å². The second kappa shape index (κ2) is 7.81. The van der Waals surface area contributed by atoms with Crippen LogP contribution in [0.2, 0.25) is 0 Å². The summed E-state index contributed by atoms with van der Waals surface area (Å²) in [6, 6.07) is 2.51. The fourth-order valence-corrected chi connectivity index (χ4v) is 2.39. The Balaban J connectivity index is 2.56. The van der Waals surface area contributed by atoms with Crippen LogP contribution in [0.1, 0.15) is 23.9 Å². The van der Waals surface area contributed by atoms with Crippen molar-refractivity contribution in [3.8, 4) is 0 Å². The molecule has 0 aliphatic rings. The third-order valence-electron chi connectivity index (χ3n) is 2.51. The molecule has 0 bridgehead atoms. The van der Waals surface area contributed by atoms with E-state index in [0.29, 0.717) is 19.6 Å². The minimum Gasteiger partial charge on any atom is -0.475 e. The first-order chi connectivity index (χ1) is 9.47. The Morgan fingerprint density at radius 1 is 1.50 bits per heavy atom. The van der Waals surface area contributed by atoms with Gasteiger partial charge in [0, 0.05) is 20.3 Å². The fraction of sp³-hybridized carbons (Fsp3) is 0.500. The molecule has 2 unspecified atom stereocenters. The third kappa shape index (κ3) is 4.46. The largest absolute Gasteiger partial charge is 0.475 e. The molecule has 1 rings (SSSR count). The highest BCUT2D eigenvalue weighted by molar-refractivity contribution is 7.86. The molecule has 1 heterocycles. The smallest absolute Gasteiger partial charge is 0.371 e. The van der Waals surface area contributed by atoms with Crippen molar-refractivity contribution in [3.05, 3.63) is 17.9 Å². The molecule has 2 N–H and O–H groups in total. The molecular formula is C12H17NO6S. The summed E-state index contributed by atoms with van der Waals surface area (Å²) in [5.41, 5.74) is 0. The zero-order valence-corrected chi connectivity index (χ0v) is 12.1. The van der Waals surface area contributed by atoms with E-state index < -0.39 is 22.0 Å². The summed E-state index contributed by atoms with van der Waals surface area (Å²) >= 11 is 0. The van der Waals surface area contributed by atoms with Gasteiger partial charge in [-0.2, -0.15) is 0 Å². The number of hydrogen-bond donors (Lipinski definition) is 2. The molecule has 2 atom stereocenters. The SMILES string of the molecule is COCCCNC(=O)C(C)S(=O)c1ccc(C(=O)O)o1. The quantitative estimate of drug-likeness (QED) is 0.682. The number of carbonyl (C=O) groups is 2. The van der Waals surface area contributed by atoms with Crippen LogP contribution in [0, 0.1) is 0 Å². The fourth-order valence-electron chi connectivity index (χ4n) is 1.39. The Labute approximate surface area is 118 Å². The molecule has 1 amide bonds. The van der Waals surface area contributed by atoms with Gasteiger partial charge in [-0.05, 0) is 25.5 Å². The van der Waals surface area contributed by atoms with E-state index in [1.54, 1.807) is 7.11 Å². The summed E-state index contributed by atoms with van der Waals surface area (Å²) < 4.78 is 21.8. The van der Waals surface area contributed by atoms with Crippen molar-refractivity contribution in [2.45, 2.75) is 23.7 Å². The highest BCUT2D eigenvalue weighted by atomic mass is 32.2. The first-order valence-corrected chi connectivity index (χ1v) is 7.19. The zero-order valence-electron chi connectivity index (χ0n) is 11.3. The van der Waals surface area contributed by atoms with Gasteiger partial charge in [0.25, 0.3) is 0 Å². The number of carboxylic acid groups (broad SMARTS) is 1. The van der Waals surface area contributed by atoms with Crippen molar-refractivity contribution in [1.29, 1.82) is 0 Å². The van der Waals surface area contributed by atoms with Crippen LogP contribution in [-0.4, -0.2) is 46.7 Å². The van der Waals surface area contributed by atoms with Gasteiger partial charge < -0.3 is 19.6 Å². The van der Waals surface area contributed by atoms with Gasteiger partial charge in [-0.25, -0.2) is 4.79 Å². The van der Waals surface area contributed by atoms with Crippen LogP contribution >= 0.6 is 0 Å². The topological polar surface area (TPSA) is 106 Å². The maximum absolute atomic E-state index is 12.0. The standard InChI is InChI=1S/C12H17NO6S/c1-8(11(14)13-6-3-7-18-2)20(17)10-5-4-9(19-10)12(15)16/h4-5,8H,3,6-7H2,1-2H3,(H,13,14)(H,15,16). The predicted octanol–water partition coefficient (Wildman–Crippen LogP) is 0.627. The number of methoxy groups -OCH3 is 1. The maximum atomic E-state index is 12.0. The van der Waals surface area contributed by atoms with E-state index in [1.165, 1.54) is 19.1 Å². The third-order valence-corrected chi connectivity index (χ3v) is 3.98. The number of aromatic carboxylic acids is 1. The van der Waals surface area contributed by atoms with E-state index in [9.17, 15) is 13.8 Å². The van der Waals surface area contributed by atoms with Gasteiger partial charge in [-0.3, -0.25) is 9.00 Å². The minimum atomic E-state index is -1.73. The number of amides is 1. The Kier molecular flexibility index (Phi) is 6.40. The van der Waals surface area contributed by atoms with E-state index in [4.69, 9.17) is 14.3 Å². The van der Waals surface area contributed by atoms with E-state index in [2.05, 4.69) is 5.32 Å². The summed E-state index contributed by atoms with van der Waals surface area (Å²) in [5, 5.41) is 10.5. The zero-order chi connectivity index (χ0) is 15.1. The normalized spacial score (nSPS) is 13.7. The predicted molar refractivity (Wildman–Crippen MR) is 71.0 cm³/mol. The molecule has 0 aliphatic carbocycles. The van der Waals surface area contributed by atoms with Gasteiger partial charge in [0.1, 0.15) is 16.0 Å². The first-order valence-electron chi connectivity index (χ1n) is 5.97. The van der Waals surface area contributed by atoms with Crippen molar-refractivity contribution >= 4 is 22.7 Å². The number of furan rings is 1. The maximum Gasteiger partial charge on any atom is 0.371 e. The number of hydrogen-bond acceptors (Lipinski definition) is 5. The van der Waals surface area contributed by atoms with E-state index in [-0.39, 0.29) is 16.8 Å². The molecule has 1 aromatic rings. The number of rotatable bonds is 8. The average Bonchev–Trinajstić information content (AvgIpc) is 2.91. The van der Waals surface area contributed by atoms with Crippen LogP contribution in [0.5, 0.6) is 0 Å². The molecule has 0 fully saturated rings. The van der Waals surface area contributed by atoms with Gasteiger partial charge in [-0.15, -0.1) is 0 Å². The highest BCUT2D eigenvalue weighted by Gasteiger charge is 2.24. The number of carbonyl (C=O) groups excluding carboxylic acids is 1. The van der Waals surface area contributed by atoms with Gasteiger partial charge >= 0.3 is 5.97 Å². The number of carboxylic acids is 1. The van der Waals surface area contributed by atoms with Crippen molar-refractivity contribution in [2.75, 3.05) is 20.3 Å².